The molecule has 2 amide bonds. The molecule has 0 unspecified atom stereocenters. The zero-order valence-electron chi connectivity index (χ0n) is 18.4. The Bertz CT molecular complexity index is 1150. The number of amides is 2. The molecule has 1 aliphatic rings. The topological polar surface area (TPSA) is 55.8 Å². The molecular weight excluding hydrogens is 441 g/mol. The van der Waals surface area contributed by atoms with E-state index in [-0.39, 0.29) is 23.5 Å². The van der Waals surface area contributed by atoms with Gasteiger partial charge in [0.25, 0.3) is 5.24 Å². The maximum atomic E-state index is 13.1. The fourth-order valence-corrected chi connectivity index (χ4v) is 4.59. The van der Waals surface area contributed by atoms with Crippen molar-refractivity contribution in [3.63, 3.8) is 0 Å². The number of carbonyl (C=O) groups is 2. The molecule has 170 valence electrons. The number of benzene rings is 3. The number of hydrogen-bond donors (Lipinski definition) is 0. The van der Waals surface area contributed by atoms with E-state index in [4.69, 9.17) is 9.47 Å². The molecule has 1 aliphatic heterocycles. The van der Waals surface area contributed by atoms with E-state index in [0.717, 1.165) is 22.9 Å². The standard InChI is InChI=1S/C26H24FNO4S/c1-17-3-5-19(6-4-17)16-32-22-12-9-20(13-23(22)31-2)14-24-25(29)28(26(30)33-24)15-18-7-10-21(27)11-8-18/h3-13,24H,14-16H2,1-2H3/t24-/m0/s1. The van der Waals surface area contributed by atoms with Crippen molar-refractivity contribution in [3.8, 4) is 11.5 Å². The number of nitrogens with zero attached hydrogens (tertiary/aromatic N) is 1. The third-order valence-corrected chi connectivity index (χ3v) is 6.50. The van der Waals surface area contributed by atoms with Crippen LogP contribution in [0.5, 0.6) is 11.5 Å². The Balaban J connectivity index is 1.40. The third kappa shape index (κ3) is 5.54. The van der Waals surface area contributed by atoms with E-state index in [1.165, 1.54) is 22.6 Å². The van der Waals surface area contributed by atoms with Crippen LogP contribution in [0.3, 0.4) is 0 Å². The van der Waals surface area contributed by atoms with Crippen molar-refractivity contribution in [1.82, 2.24) is 4.90 Å². The first-order chi connectivity index (χ1) is 15.9. The average Bonchev–Trinajstić information content (AvgIpc) is 3.07. The molecule has 0 aliphatic carbocycles. The molecule has 0 saturated carbocycles. The quantitative estimate of drug-likeness (QED) is 0.438. The Morgan fingerprint density at radius 1 is 0.909 bits per heavy atom. The highest BCUT2D eigenvalue weighted by Gasteiger charge is 2.39. The van der Waals surface area contributed by atoms with E-state index in [1.807, 2.05) is 49.4 Å². The predicted molar refractivity (Wildman–Crippen MR) is 126 cm³/mol. The summed E-state index contributed by atoms with van der Waals surface area (Å²) in [6, 6.07) is 19.5. The summed E-state index contributed by atoms with van der Waals surface area (Å²) < 4.78 is 24.5. The summed E-state index contributed by atoms with van der Waals surface area (Å²) in [5.74, 6) is 0.587. The van der Waals surface area contributed by atoms with Crippen LogP contribution in [-0.2, 0) is 24.4 Å². The van der Waals surface area contributed by atoms with Crippen molar-refractivity contribution in [3.05, 3.63) is 94.8 Å². The van der Waals surface area contributed by atoms with Crippen LogP contribution in [-0.4, -0.2) is 28.4 Å². The van der Waals surface area contributed by atoms with Crippen molar-refractivity contribution in [2.75, 3.05) is 7.11 Å². The number of hydrogen-bond acceptors (Lipinski definition) is 5. The number of aryl methyl sites for hydroxylation is 1. The van der Waals surface area contributed by atoms with Crippen LogP contribution in [0.2, 0.25) is 0 Å². The second kappa shape index (κ2) is 10.1. The molecule has 5 nitrogen and oxygen atoms in total. The van der Waals surface area contributed by atoms with Crippen LogP contribution in [0.1, 0.15) is 22.3 Å². The zero-order valence-corrected chi connectivity index (χ0v) is 19.2. The summed E-state index contributed by atoms with van der Waals surface area (Å²) >= 11 is 1.02. The Labute approximate surface area is 196 Å². The summed E-state index contributed by atoms with van der Waals surface area (Å²) in [6.45, 7) is 2.59. The molecule has 0 N–H and O–H groups in total. The Morgan fingerprint density at radius 3 is 2.27 bits per heavy atom. The molecule has 3 aromatic rings. The largest absolute Gasteiger partial charge is 0.493 e. The first-order valence-electron chi connectivity index (χ1n) is 10.5. The molecule has 7 heteroatoms. The van der Waals surface area contributed by atoms with E-state index in [0.29, 0.717) is 30.1 Å². The van der Waals surface area contributed by atoms with Gasteiger partial charge in [0, 0.05) is 0 Å². The Morgan fingerprint density at radius 2 is 1.58 bits per heavy atom. The van der Waals surface area contributed by atoms with Gasteiger partial charge in [-0.3, -0.25) is 14.5 Å². The summed E-state index contributed by atoms with van der Waals surface area (Å²) in [5.41, 5.74) is 3.82. The van der Waals surface area contributed by atoms with Crippen LogP contribution < -0.4 is 9.47 Å². The van der Waals surface area contributed by atoms with E-state index < -0.39 is 5.25 Å². The third-order valence-electron chi connectivity index (χ3n) is 5.42. The molecule has 1 heterocycles. The highest BCUT2D eigenvalue weighted by Crippen LogP contribution is 2.34. The van der Waals surface area contributed by atoms with Gasteiger partial charge in [-0.15, -0.1) is 0 Å². The van der Waals surface area contributed by atoms with Crippen LogP contribution in [0.25, 0.3) is 0 Å². The smallest absolute Gasteiger partial charge is 0.289 e. The van der Waals surface area contributed by atoms with E-state index in [9.17, 15) is 14.0 Å². The molecule has 3 aromatic carbocycles. The average molecular weight is 466 g/mol. The molecule has 0 aromatic heterocycles. The van der Waals surface area contributed by atoms with Gasteiger partial charge < -0.3 is 9.47 Å². The minimum absolute atomic E-state index is 0.135. The van der Waals surface area contributed by atoms with Gasteiger partial charge in [-0.2, -0.15) is 0 Å². The molecule has 0 spiro atoms. The lowest BCUT2D eigenvalue weighted by atomic mass is 10.1. The molecule has 0 bridgehead atoms. The number of halogens is 1. The van der Waals surface area contributed by atoms with Crippen LogP contribution in [0.4, 0.5) is 9.18 Å². The minimum atomic E-state index is -0.512. The highest BCUT2D eigenvalue weighted by atomic mass is 32.2. The van der Waals surface area contributed by atoms with Crippen molar-refractivity contribution in [2.24, 2.45) is 0 Å². The van der Waals surface area contributed by atoms with Gasteiger partial charge in [-0.1, -0.05) is 59.8 Å². The predicted octanol–water partition coefficient (Wildman–Crippen LogP) is 5.53. The monoisotopic (exact) mass is 465 g/mol. The first-order valence-corrected chi connectivity index (χ1v) is 11.4. The van der Waals surface area contributed by atoms with Crippen LogP contribution >= 0.6 is 11.8 Å². The fourth-order valence-electron chi connectivity index (χ4n) is 3.56. The second-order valence-electron chi connectivity index (χ2n) is 7.89. The number of carbonyl (C=O) groups excluding carboxylic acids is 2. The van der Waals surface area contributed by atoms with Gasteiger partial charge in [0.2, 0.25) is 5.91 Å². The molecule has 4 rings (SSSR count). The van der Waals surface area contributed by atoms with Crippen LogP contribution in [0, 0.1) is 12.7 Å². The van der Waals surface area contributed by atoms with E-state index in [1.54, 1.807) is 19.2 Å². The van der Waals surface area contributed by atoms with Gasteiger partial charge in [-0.25, -0.2) is 4.39 Å². The van der Waals surface area contributed by atoms with Gasteiger partial charge in [0.15, 0.2) is 11.5 Å². The lowest BCUT2D eigenvalue weighted by Crippen LogP contribution is -2.31. The Hall–Kier alpha value is -3.32. The molecule has 1 fully saturated rings. The van der Waals surface area contributed by atoms with Gasteiger partial charge in [-0.05, 0) is 54.3 Å². The molecule has 33 heavy (non-hydrogen) atoms. The lowest BCUT2D eigenvalue weighted by molar-refractivity contribution is -0.127. The van der Waals surface area contributed by atoms with Crippen molar-refractivity contribution in [2.45, 2.75) is 31.7 Å². The van der Waals surface area contributed by atoms with Crippen LogP contribution in [0.15, 0.2) is 66.7 Å². The first kappa shape index (κ1) is 22.9. The maximum Gasteiger partial charge on any atom is 0.289 e. The SMILES string of the molecule is COc1cc(C[C@@H]2SC(=O)N(Cc3ccc(F)cc3)C2=O)ccc1OCc1ccc(C)cc1. The van der Waals surface area contributed by atoms with Crippen molar-refractivity contribution < 1.29 is 23.5 Å². The molecule has 1 saturated heterocycles. The van der Waals surface area contributed by atoms with Crippen molar-refractivity contribution in [1.29, 1.82) is 0 Å². The Kier molecular flexibility index (Phi) is 6.99. The summed E-state index contributed by atoms with van der Waals surface area (Å²) in [5, 5.41) is -0.804. The number of thioether (sulfide) groups is 1. The van der Waals surface area contributed by atoms with Gasteiger partial charge in [0.1, 0.15) is 12.4 Å². The minimum Gasteiger partial charge on any atom is -0.493 e. The highest BCUT2D eigenvalue weighted by molar-refractivity contribution is 8.15. The summed E-state index contributed by atoms with van der Waals surface area (Å²) in [7, 11) is 1.57. The molecular formula is C26H24FNO4S. The van der Waals surface area contributed by atoms with E-state index in [2.05, 4.69) is 0 Å². The number of imide groups is 1. The summed E-state index contributed by atoms with van der Waals surface area (Å²) in [4.78, 5) is 26.5. The second-order valence-corrected chi connectivity index (χ2v) is 9.04. The van der Waals surface area contributed by atoms with Gasteiger partial charge >= 0.3 is 0 Å². The number of ether oxygens (including phenoxy) is 2. The van der Waals surface area contributed by atoms with Gasteiger partial charge in [0.05, 0.1) is 18.9 Å². The number of methoxy groups -OCH3 is 1. The fraction of sp³-hybridized carbons (Fsp3) is 0.231. The van der Waals surface area contributed by atoms with E-state index >= 15 is 0 Å². The number of rotatable bonds is 8. The lowest BCUT2D eigenvalue weighted by Gasteiger charge is -2.15. The zero-order chi connectivity index (χ0) is 23.4. The molecule has 0 radical (unpaired) electrons. The summed E-state index contributed by atoms with van der Waals surface area (Å²) in [6.07, 6.45) is 0.393. The molecule has 1 atom stereocenters. The van der Waals surface area contributed by atoms with Crippen molar-refractivity contribution >= 4 is 22.9 Å². The maximum absolute atomic E-state index is 13.1. The normalized spacial score (nSPS) is 15.7.